The molecule has 0 aliphatic carbocycles. The van der Waals surface area contributed by atoms with E-state index in [-0.39, 0.29) is 67.3 Å². The normalized spacial score (nSPS) is 19.9. The number of carbonyl (C=O) groups excluding carboxylic acids is 5. The maximum absolute atomic E-state index is 13.2. The van der Waals surface area contributed by atoms with Gasteiger partial charge in [0.15, 0.2) is 0 Å². The number of amides is 3. The molecule has 13 nitrogen and oxygen atoms in total. The Morgan fingerprint density at radius 2 is 1.05 bits per heavy atom. The molecule has 2 N–H and O–H groups in total. The number of aliphatic carboxylic acids is 1. The number of nitrogens with one attached hydrogen (secondary N) is 1. The van der Waals surface area contributed by atoms with Gasteiger partial charge in [-0.05, 0) is 130 Å². The third-order valence-corrected chi connectivity index (χ3v) is 11.9. The van der Waals surface area contributed by atoms with Gasteiger partial charge < -0.3 is 34.6 Å². The van der Waals surface area contributed by atoms with Crippen LogP contribution in [-0.2, 0) is 64.2 Å². The molecule has 0 radical (unpaired) electrons. The number of carboxylic acid groups (broad SMARTS) is 1. The number of piperidine rings is 2. The molecular weight excluding hydrogens is 836 g/mol. The summed E-state index contributed by atoms with van der Waals surface area (Å²) in [6.07, 6.45) is 7.93. The van der Waals surface area contributed by atoms with E-state index in [0.29, 0.717) is 31.5 Å². The van der Waals surface area contributed by atoms with E-state index in [9.17, 15) is 28.8 Å². The second kappa shape index (κ2) is 23.1. The van der Waals surface area contributed by atoms with E-state index in [4.69, 9.17) is 14.6 Å². The second-order valence-electron chi connectivity index (χ2n) is 20.6. The number of halogens is 1. The van der Waals surface area contributed by atoms with Gasteiger partial charge in [-0.25, -0.2) is 9.59 Å². The van der Waals surface area contributed by atoms with Crippen molar-refractivity contribution in [1.82, 2.24) is 20.0 Å². The average Bonchev–Trinajstić information content (AvgIpc) is 3.19. The van der Waals surface area contributed by atoms with Gasteiger partial charge in [0, 0.05) is 62.8 Å². The highest BCUT2D eigenvalue weighted by Crippen LogP contribution is 2.30. The molecule has 2 aromatic rings. The van der Waals surface area contributed by atoms with E-state index in [1.807, 2.05) is 74.2 Å². The van der Waals surface area contributed by atoms with Gasteiger partial charge in [0.1, 0.15) is 23.3 Å². The van der Waals surface area contributed by atoms with Crippen LogP contribution in [0.1, 0.15) is 156 Å². The molecule has 4 heterocycles. The topological polar surface area (TPSA) is 163 Å². The predicted octanol–water partition coefficient (Wildman–Crippen LogP) is 7.96. The minimum Gasteiger partial charge on any atom is -0.481 e. The summed E-state index contributed by atoms with van der Waals surface area (Å²) in [4.78, 5) is 79.6. The SMILES string of the molecule is CC(C)(C)OC(=O)[C@@H]1Cc2ccccc2CN1C(=O)CCC(=O)N1CCCCC1(C)C.CC(C)(C)OC(=O)[C@@H]1Cc2ccccc2CN1C(=O)CCC(=O)O.CC1(C)CCCCN1.Cl. The minimum absolute atomic E-state index is 0. The minimum atomic E-state index is -1.03. The van der Waals surface area contributed by atoms with Crippen LogP contribution < -0.4 is 5.32 Å². The Balaban J connectivity index is 0.000000292. The lowest BCUT2D eigenvalue weighted by Gasteiger charge is -2.42. The molecule has 2 atom stereocenters. The molecule has 356 valence electrons. The molecule has 0 spiro atoms. The van der Waals surface area contributed by atoms with Crippen LogP contribution in [0.3, 0.4) is 0 Å². The number of rotatable bonds is 8. The molecule has 4 aliphatic heterocycles. The largest absolute Gasteiger partial charge is 0.481 e. The second-order valence-corrected chi connectivity index (χ2v) is 20.6. The van der Waals surface area contributed by atoms with Crippen molar-refractivity contribution in [3.8, 4) is 0 Å². The van der Waals surface area contributed by atoms with Crippen LogP contribution in [0.5, 0.6) is 0 Å². The highest BCUT2D eigenvalue weighted by Gasteiger charge is 2.39. The molecule has 4 aliphatic rings. The quantitative estimate of drug-likeness (QED) is 0.249. The van der Waals surface area contributed by atoms with E-state index in [1.165, 1.54) is 30.7 Å². The number of esters is 2. The number of fused-ring (bicyclic) bond motifs is 2. The van der Waals surface area contributed by atoms with Crippen molar-refractivity contribution in [3.05, 3.63) is 70.8 Å². The van der Waals surface area contributed by atoms with Gasteiger partial charge in [0.25, 0.3) is 0 Å². The fraction of sp³-hybridized carbons (Fsp3) is 0.640. The first kappa shape index (κ1) is 53.8. The van der Waals surface area contributed by atoms with Crippen molar-refractivity contribution in [2.24, 2.45) is 0 Å². The van der Waals surface area contributed by atoms with Crippen LogP contribution in [0.2, 0.25) is 0 Å². The Hall–Kier alpha value is -4.49. The number of ether oxygens (including phenoxy) is 2. The van der Waals surface area contributed by atoms with Crippen LogP contribution in [-0.4, -0.2) is 103 Å². The van der Waals surface area contributed by atoms with Crippen molar-refractivity contribution in [1.29, 1.82) is 0 Å². The summed E-state index contributed by atoms with van der Waals surface area (Å²) < 4.78 is 11.1. The molecule has 6 rings (SSSR count). The summed E-state index contributed by atoms with van der Waals surface area (Å²) in [5.74, 6) is -2.38. The van der Waals surface area contributed by atoms with Gasteiger partial charge >= 0.3 is 17.9 Å². The summed E-state index contributed by atoms with van der Waals surface area (Å²) in [5, 5.41) is 12.2. The van der Waals surface area contributed by atoms with E-state index in [1.54, 1.807) is 25.7 Å². The summed E-state index contributed by atoms with van der Waals surface area (Å²) in [6.45, 7) is 22.1. The molecule has 3 amide bonds. The number of hydrogen-bond acceptors (Lipinski definition) is 9. The lowest BCUT2D eigenvalue weighted by Crippen LogP contribution is -2.52. The molecule has 0 bridgehead atoms. The Morgan fingerprint density at radius 1 is 0.625 bits per heavy atom. The number of hydrogen-bond donors (Lipinski definition) is 2. The third-order valence-electron chi connectivity index (χ3n) is 11.9. The molecule has 2 saturated heterocycles. The van der Waals surface area contributed by atoms with Crippen molar-refractivity contribution in [3.63, 3.8) is 0 Å². The van der Waals surface area contributed by atoms with Crippen molar-refractivity contribution in [2.75, 3.05) is 13.1 Å². The van der Waals surface area contributed by atoms with Gasteiger partial charge in [-0.1, -0.05) is 55.0 Å². The maximum atomic E-state index is 13.2. The molecule has 14 heteroatoms. The third kappa shape index (κ3) is 16.5. The van der Waals surface area contributed by atoms with Crippen LogP contribution in [0, 0.1) is 0 Å². The van der Waals surface area contributed by atoms with Crippen LogP contribution >= 0.6 is 12.4 Å². The van der Waals surface area contributed by atoms with Gasteiger partial charge in [-0.15, -0.1) is 12.4 Å². The monoisotopic (exact) mass is 911 g/mol. The number of likely N-dealkylation sites (tertiary alicyclic amines) is 1. The fourth-order valence-electron chi connectivity index (χ4n) is 8.52. The smallest absolute Gasteiger partial charge is 0.329 e. The lowest BCUT2D eigenvalue weighted by molar-refractivity contribution is -0.166. The van der Waals surface area contributed by atoms with Gasteiger partial charge in [0.2, 0.25) is 17.7 Å². The van der Waals surface area contributed by atoms with E-state index in [0.717, 1.165) is 48.1 Å². The Bertz CT molecular complexity index is 1930. The number of carbonyl (C=O) groups is 6. The highest BCUT2D eigenvalue weighted by molar-refractivity contribution is 5.89. The first-order valence-electron chi connectivity index (χ1n) is 22.8. The molecule has 0 saturated carbocycles. The van der Waals surface area contributed by atoms with Gasteiger partial charge in [0.05, 0.1) is 6.42 Å². The summed E-state index contributed by atoms with van der Waals surface area (Å²) in [5.41, 5.74) is 3.08. The molecule has 0 unspecified atom stereocenters. The van der Waals surface area contributed by atoms with Crippen LogP contribution in [0.25, 0.3) is 0 Å². The Kier molecular flexibility index (Phi) is 19.4. The number of benzene rings is 2. The molecular formula is C50H75ClN4O9. The maximum Gasteiger partial charge on any atom is 0.329 e. The summed E-state index contributed by atoms with van der Waals surface area (Å²) in [7, 11) is 0. The Morgan fingerprint density at radius 3 is 1.42 bits per heavy atom. The fourth-order valence-corrected chi connectivity index (χ4v) is 8.52. The van der Waals surface area contributed by atoms with Gasteiger partial charge in [-0.2, -0.15) is 0 Å². The zero-order chi connectivity index (χ0) is 46.8. The first-order valence-corrected chi connectivity index (χ1v) is 22.8. The van der Waals surface area contributed by atoms with Crippen molar-refractivity contribution >= 4 is 48.0 Å². The highest BCUT2D eigenvalue weighted by atomic mass is 35.5. The van der Waals surface area contributed by atoms with Gasteiger partial charge in [-0.3, -0.25) is 19.2 Å². The van der Waals surface area contributed by atoms with Crippen LogP contribution in [0.4, 0.5) is 0 Å². The Labute approximate surface area is 387 Å². The molecule has 2 fully saturated rings. The van der Waals surface area contributed by atoms with E-state index in [2.05, 4.69) is 33.0 Å². The average molecular weight is 912 g/mol. The molecule has 2 aromatic carbocycles. The zero-order valence-electron chi connectivity index (χ0n) is 40.1. The predicted molar refractivity (Wildman–Crippen MR) is 250 cm³/mol. The lowest BCUT2D eigenvalue weighted by atomic mass is 9.90. The summed E-state index contributed by atoms with van der Waals surface area (Å²) in [6, 6.07) is 14.1. The standard InChI is InChI=1S/C25H36N2O4.C18H23NO5.C7H15N.ClH/c1-24(2,3)31-23(30)20-16-18-10-6-7-11-19(18)17-26(20)21(28)12-13-22(29)27-15-9-8-14-25(27,4)5;1-18(2,3)24-17(23)14-10-12-6-4-5-7-13(12)11-19(14)15(20)8-9-16(21)22;1-7(2)5-3-4-6-8-7;/h6-7,10-11,20H,8-9,12-17H2,1-5H3;4-7,14H,8-11H2,1-3H3,(H,21,22);8H,3-6H2,1-2H3;1H/t20-;14-;;/m00../s1. The zero-order valence-corrected chi connectivity index (χ0v) is 40.9. The summed E-state index contributed by atoms with van der Waals surface area (Å²) >= 11 is 0. The van der Waals surface area contributed by atoms with E-state index < -0.39 is 35.2 Å². The van der Waals surface area contributed by atoms with Crippen LogP contribution in [0.15, 0.2) is 48.5 Å². The van der Waals surface area contributed by atoms with Crippen molar-refractivity contribution < 1.29 is 43.3 Å². The first-order chi connectivity index (χ1) is 29.4. The number of carboxylic acids is 1. The van der Waals surface area contributed by atoms with Crippen molar-refractivity contribution in [2.45, 2.75) is 194 Å². The number of nitrogens with zero attached hydrogens (tertiary/aromatic N) is 3. The molecule has 64 heavy (non-hydrogen) atoms. The molecule has 0 aromatic heterocycles. The van der Waals surface area contributed by atoms with E-state index >= 15 is 0 Å².